The molecule has 1 amide bonds. The Morgan fingerprint density at radius 2 is 2.39 bits per heavy atom. The Morgan fingerprint density at radius 3 is 3.11 bits per heavy atom. The van der Waals surface area contributed by atoms with E-state index in [1.807, 2.05) is 19.1 Å². The van der Waals surface area contributed by atoms with E-state index in [-0.39, 0.29) is 11.9 Å². The second-order valence-electron chi connectivity index (χ2n) is 4.41. The van der Waals surface area contributed by atoms with Crippen LogP contribution in [0.25, 0.3) is 10.9 Å². The maximum absolute atomic E-state index is 12.1. The highest BCUT2D eigenvalue weighted by molar-refractivity contribution is 6.07. The molecule has 0 bridgehead atoms. The van der Waals surface area contributed by atoms with Gasteiger partial charge < -0.3 is 16.0 Å². The monoisotopic (exact) mass is 243 g/mol. The summed E-state index contributed by atoms with van der Waals surface area (Å²) in [5.74, 6) is -0.0830. The molecule has 1 unspecified atom stereocenters. The van der Waals surface area contributed by atoms with Crippen molar-refractivity contribution in [2.75, 3.05) is 5.73 Å². The standard InChI is InChI=1S/C14H17N3O/c1-3-4-9(2)17-14(18)12-8-16-13-7-10(15)5-6-11(12)13/h3,5-9,16H,1,4,15H2,2H3,(H,17,18). The smallest absolute Gasteiger partial charge is 0.253 e. The molecule has 0 spiro atoms. The zero-order chi connectivity index (χ0) is 13.1. The first kappa shape index (κ1) is 12.2. The van der Waals surface area contributed by atoms with Crippen LogP contribution in [-0.4, -0.2) is 16.9 Å². The van der Waals surface area contributed by atoms with Gasteiger partial charge in [-0.3, -0.25) is 4.79 Å². The molecule has 1 atom stereocenters. The van der Waals surface area contributed by atoms with E-state index in [0.717, 1.165) is 17.3 Å². The van der Waals surface area contributed by atoms with Crippen LogP contribution in [0.4, 0.5) is 5.69 Å². The molecule has 0 fully saturated rings. The number of nitrogens with two attached hydrogens (primary N) is 1. The van der Waals surface area contributed by atoms with Gasteiger partial charge >= 0.3 is 0 Å². The Morgan fingerprint density at radius 1 is 1.61 bits per heavy atom. The molecule has 0 aliphatic carbocycles. The summed E-state index contributed by atoms with van der Waals surface area (Å²) in [6, 6.07) is 5.54. The zero-order valence-electron chi connectivity index (χ0n) is 10.4. The Bertz CT molecular complexity index is 586. The number of rotatable bonds is 4. The number of nitrogens with one attached hydrogen (secondary N) is 2. The number of carbonyl (C=O) groups is 1. The molecule has 1 aromatic carbocycles. The highest BCUT2D eigenvalue weighted by Crippen LogP contribution is 2.20. The van der Waals surface area contributed by atoms with E-state index in [9.17, 15) is 4.79 Å². The maximum atomic E-state index is 12.1. The number of hydrogen-bond acceptors (Lipinski definition) is 2. The van der Waals surface area contributed by atoms with Gasteiger partial charge in [0.25, 0.3) is 5.91 Å². The lowest BCUT2D eigenvalue weighted by atomic mass is 10.1. The van der Waals surface area contributed by atoms with Gasteiger partial charge in [0.05, 0.1) is 5.56 Å². The third kappa shape index (κ3) is 2.37. The predicted molar refractivity (Wildman–Crippen MR) is 74.5 cm³/mol. The molecular weight excluding hydrogens is 226 g/mol. The van der Waals surface area contributed by atoms with Crippen LogP contribution in [-0.2, 0) is 0 Å². The summed E-state index contributed by atoms with van der Waals surface area (Å²) >= 11 is 0. The molecular formula is C14H17N3O. The molecule has 0 radical (unpaired) electrons. The minimum Gasteiger partial charge on any atom is -0.399 e. The number of H-pyrrole nitrogens is 1. The Balaban J connectivity index is 2.25. The fraction of sp³-hybridized carbons (Fsp3) is 0.214. The minimum absolute atomic E-state index is 0.0775. The van der Waals surface area contributed by atoms with Crippen LogP contribution in [0.5, 0.6) is 0 Å². The first-order valence-electron chi connectivity index (χ1n) is 5.90. The molecule has 4 nitrogen and oxygen atoms in total. The van der Waals surface area contributed by atoms with E-state index in [0.29, 0.717) is 11.3 Å². The zero-order valence-corrected chi connectivity index (χ0v) is 10.4. The lowest BCUT2D eigenvalue weighted by Crippen LogP contribution is -2.31. The second-order valence-corrected chi connectivity index (χ2v) is 4.41. The molecule has 1 aromatic heterocycles. The van der Waals surface area contributed by atoms with Gasteiger partial charge in [-0.15, -0.1) is 6.58 Å². The van der Waals surface area contributed by atoms with Gasteiger partial charge in [-0.05, 0) is 31.5 Å². The van der Waals surface area contributed by atoms with Crippen LogP contribution in [0.15, 0.2) is 37.1 Å². The van der Waals surface area contributed by atoms with E-state index in [1.165, 1.54) is 0 Å². The van der Waals surface area contributed by atoms with Crippen LogP contribution in [0, 0.1) is 0 Å². The number of nitrogen functional groups attached to an aromatic ring is 1. The predicted octanol–water partition coefficient (Wildman–Crippen LogP) is 2.44. The normalized spacial score (nSPS) is 12.3. The first-order valence-corrected chi connectivity index (χ1v) is 5.90. The molecule has 0 aliphatic rings. The number of anilines is 1. The van der Waals surface area contributed by atoms with E-state index in [1.54, 1.807) is 18.3 Å². The number of benzene rings is 1. The summed E-state index contributed by atoms with van der Waals surface area (Å²) in [5, 5.41) is 3.81. The largest absolute Gasteiger partial charge is 0.399 e. The van der Waals surface area contributed by atoms with Crippen LogP contribution in [0.3, 0.4) is 0 Å². The molecule has 2 rings (SSSR count). The number of aromatic amines is 1. The van der Waals surface area contributed by atoms with E-state index in [4.69, 9.17) is 5.73 Å². The molecule has 94 valence electrons. The molecule has 0 saturated heterocycles. The van der Waals surface area contributed by atoms with Gasteiger partial charge in [-0.2, -0.15) is 0 Å². The third-order valence-electron chi connectivity index (χ3n) is 2.85. The van der Waals surface area contributed by atoms with Crippen molar-refractivity contribution in [3.8, 4) is 0 Å². The Labute approximate surface area is 106 Å². The highest BCUT2D eigenvalue weighted by atomic mass is 16.1. The van der Waals surface area contributed by atoms with Crippen molar-refractivity contribution in [2.24, 2.45) is 0 Å². The van der Waals surface area contributed by atoms with Crippen molar-refractivity contribution >= 4 is 22.5 Å². The molecule has 2 aromatic rings. The number of amides is 1. The van der Waals surface area contributed by atoms with Crippen LogP contribution in [0.2, 0.25) is 0 Å². The summed E-state index contributed by atoms with van der Waals surface area (Å²) in [6.07, 6.45) is 4.25. The van der Waals surface area contributed by atoms with Gasteiger partial charge in [-0.1, -0.05) is 6.08 Å². The van der Waals surface area contributed by atoms with Crippen LogP contribution >= 0.6 is 0 Å². The molecule has 1 heterocycles. The lowest BCUT2D eigenvalue weighted by Gasteiger charge is -2.10. The second kappa shape index (κ2) is 4.96. The van der Waals surface area contributed by atoms with Crippen LogP contribution < -0.4 is 11.1 Å². The number of carbonyl (C=O) groups excluding carboxylic acids is 1. The fourth-order valence-electron chi connectivity index (χ4n) is 1.94. The van der Waals surface area contributed by atoms with Crippen LogP contribution in [0.1, 0.15) is 23.7 Å². The fourth-order valence-corrected chi connectivity index (χ4v) is 1.94. The topological polar surface area (TPSA) is 70.9 Å². The highest BCUT2D eigenvalue weighted by Gasteiger charge is 2.13. The van der Waals surface area contributed by atoms with E-state index < -0.39 is 0 Å². The van der Waals surface area contributed by atoms with E-state index >= 15 is 0 Å². The average molecular weight is 243 g/mol. The lowest BCUT2D eigenvalue weighted by molar-refractivity contribution is 0.0942. The number of fused-ring (bicyclic) bond motifs is 1. The quantitative estimate of drug-likeness (QED) is 0.570. The minimum atomic E-state index is -0.0830. The SMILES string of the molecule is C=CCC(C)NC(=O)c1c[nH]c2cc(N)ccc12. The molecule has 0 saturated carbocycles. The Hall–Kier alpha value is -2.23. The van der Waals surface area contributed by atoms with Crippen molar-refractivity contribution in [3.05, 3.63) is 42.6 Å². The third-order valence-corrected chi connectivity index (χ3v) is 2.85. The van der Waals surface area contributed by atoms with Crippen molar-refractivity contribution in [2.45, 2.75) is 19.4 Å². The summed E-state index contributed by atoms with van der Waals surface area (Å²) in [5.41, 5.74) is 7.89. The maximum Gasteiger partial charge on any atom is 0.253 e. The van der Waals surface area contributed by atoms with Gasteiger partial charge in [-0.25, -0.2) is 0 Å². The van der Waals surface area contributed by atoms with E-state index in [2.05, 4.69) is 16.9 Å². The molecule has 0 aliphatic heterocycles. The Kier molecular flexibility index (Phi) is 3.37. The first-order chi connectivity index (χ1) is 8.61. The van der Waals surface area contributed by atoms with Crippen molar-refractivity contribution in [1.82, 2.24) is 10.3 Å². The van der Waals surface area contributed by atoms with Crippen molar-refractivity contribution in [1.29, 1.82) is 0 Å². The summed E-state index contributed by atoms with van der Waals surface area (Å²) in [4.78, 5) is 15.1. The number of aromatic nitrogens is 1. The number of hydrogen-bond donors (Lipinski definition) is 3. The van der Waals surface area contributed by atoms with Crippen molar-refractivity contribution in [3.63, 3.8) is 0 Å². The van der Waals surface area contributed by atoms with Crippen molar-refractivity contribution < 1.29 is 4.79 Å². The van der Waals surface area contributed by atoms with Gasteiger partial charge in [0.15, 0.2) is 0 Å². The summed E-state index contributed by atoms with van der Waals surface area (Å²) < 4.78 is 0. The van der Waals surface area contributed by atoms with Gasteiger partial charge in [0.2, 0.25) is 0 Å². The molecule has 4 heteroatoms. The average Bonchev–Trinajstić information content (AvgIpc) is 2.71. The molecule has 4 N–H and O–H groups in total. The van der Waals surface area contributed by atoms with Gasteiger partial charge in [0.1, 0.15) is 0 Å². The molecule has 18 heavy (non-hydrogen) atoms. The summed E-state index contributed by atoms with van der Waals surface area (Å²) in [7, 11) is 0. The van der Waals surface area contributed by atoms with Gasteiger partial charge in [0, 0.05) is 28.8 Å². The summed E-state index contributed by atoms with van der Waals surface area (Å²) in [6.45, 7) is 5.61.